The first-order valence-electron chi connectivity index (χ1n) is 9.21. The number of benzene rings is 1. The molecular weight excluding hydrogens is 413 g/mol. The summed E-state index contributed by atoms with van der Waals surface area (Å²) >= 11 is 0. The van der Waals surface area contributed by atoms with Crippen molar-refractivity contribution in [2.45, 2.75) is 12.7 Å². The van der Waals surface area contributed by atoms with E-state index in [1.807, 2.05) is 0 Å². The van der Waals surface area contributed by atoms with Crippen molar-refractivity contribution in [1.82, 2.24) is 24.9 Å². The van der Waals surface area contributed by atoms with Crippen LogP contribution in [0.25, 0.3) is 22.8 Å². The SMILES string of the molecule is O=C1c2c(-c3nc(-c4cccnc4)no3)cnn2CCN1c1ccc(C(F)(F)F)cc1. The first-order valence-corrected chi connectivity index (χ1v) is 9.21. The fourth-order valence-electron chi connectivity index (χ4n) is 3.38. The van der Waals surface area contributed by atoms with Crippen molar-refractivity contribution in [2.24, 2.45) is 0 Å². The fourth-order valence-corrected chi connectivity index (χ4v) is 3.38. The van der Waals surface area contributed by atoms with Crippen LogP contribution in [0.15, 0.2) is 59.5 Å². The average molecular weight is 426 g/mol. The quantitative estimate of drug-likeness (QED) is 0.497. The molecule has 4 heterocycles. The molecule has 0 unspecified atom stereocenters. The highest BCUT2D eigenvalue weighted by Crippen LogP contribution is 2.33. The van der Waals surface area contributed by atoms with Crippen LogP contribution in [0.3, 0.4) is 0 Å². The molecule has 1 aliphatic heterocycles. The average Bonchev–Trinajstić information content (AvgIpc) is 3.42. The van der Waals surface area contributed by atoms with Gasteiger partial charge in [0.2, 0.25) is 5.82 Å². The third-order valence-corrected chi connectivity index (χ3v) is 4.91. The number of nitrogens with zero attached hydrogens (tertiary/aromatic N) is 6. The Kier molecular flexibility index (Phi) is 4.31. The van der Waals surface area contributed by atoms with Crippen molar-refractivity contribution >= 4 is 11.6 Å². The first kappa shape index (κ1) is 19.0. The highest BCUT2D eigenvalue weighted by atomic mass is 19.4. The van der Waals surface area contributed by atoms with E-state index in [1.54, 1.807) is 24.5 Å². The monoisotopic (exact) mass is 426 g/mol. The summed E-state index contributed by atoms with van der Waals surface area (Å²) in [6.45, 7) is 0.634. The molecule has 0 atom stereocenters. The predicted molar refractivity (Wildman–Crippen MR) is 102 cm³/mol. The van der Waals surface area contributed by atoms with Crippen LogP contribution in [0.4, 0.5) is 18.9 Å². The van der Waals surface area contributed by atoms with Crippen LogP contribution in [0.2, 0.25) is 0 Å². The van der Waals surface area contributed by atoms with Gasteiger partial charge in [0.05, 0.1) is 23.9 Å². The minimum atomic E-state index is -4.44. The summed E-state index contributed by atoms with van der Waals surface area (Å²) in [6.07, 6.45) is 0.219. The van der Waals surface area contributed by atoms with E-state index >= 15 is 0 Å². The number of rotatable bonds is 3. The van der Waals surface area contributed by atoms with Gasteiger partial charge in [0.15, 0.2) is 0 Å². The zero-order valence-corrected chi connectivity index (χ0v) is 15.7. The van der Waals surface area contributed by atoms with Gasteiger partial charge in [0.25, 0.3) is 11.8 Å². The number of fused-ring (bicyclic) bond motifs is 1. The number of aromatic nitrogens is 5. The van der Waals surface area contributed by atoms with Gasteiger partial charge in [-0.2, -0.15) is 23.3 Å². The smallest absolute Gasteiger partial charge is 0.333 e. The van der Waals surface area contributed by atoms with E-state index < -0.39 is 17.6 Å². The molecule has 0 radical (unpaired) electrons. The van der Waals surface area contributed by atoms with Crippen molar-refractivity contribution < 1.29 is 22.5 Å². The third kappa shape index (κ3) is 3.33. The zero-order valence-electron chi connectivity index (χ0n) is 15.7. The molecule has 31 heavy (non-hydrogen) atoms. The maximum Gasteiger partial charge on any atom is 0.416 e. The molecule has 156 valence electrons. The van der Waals surface area contributed by atoms with E-state index in [-0.39, 0.29) is 18.1 Å². The van der Waals surface area contributed by atoms with Gasteiger partial charge < -0.3 is 9.42 Å². The van der Waals surface area contributed by atoms with Gasteiger partial charge in [-0.15, -0.1) is 0 Å². The summed E-state index contributed by atoms with van der Waals surface area (Å²) in [5, 5.41) is 8.15. The molecule has 0 fully saturated rings. The molecule has 11 heteroatoms. The lowest BCUT2D eigenvalue weighted by atomic mass is 10.1. The summed E-state index contributed by atoms with van der Waals surface area (Å²) in [7, 11) is 0. The van der Waals surface area contributed by atoms with Crippen LogP contribution in [-0.2, 0) is 12.7 Å². The van der Waals surface area contributed by atoms with E-state index in [4.69, 9.17) is 4.52 Å². The molecule has 8 nitrogen and oxygen atoms in total. The number of carbonyl (C=O) groups is 1. The van der Waals surface area contributed by atoms with Crippen molar-refractivity contribution in [3.63, 3.8) is 0 Å². The van der Waals surface area contributed by atoms with Crippen LogP contribution in [0, 0.1) is 0 Å². The lowest BCUT2D eigenvalue weighted by molar-refractivity contribution is -0.137. The molecule has 5 rings (SSSR count). The number of alkyl halides is 3. The molecule has 1 aromatic carbocycles. The Morgan fingerprint density at radius 3 is 2.55 bits per heavy atom. The molecule has 4 aromatic rings. The molecular formula is C20H13F3N6O2. The second kappa shape index (κ2) is 7.04. The molecule has 0 saturated heterocycles. The van der Waals surface area contributed by atoms with E-state index in [1.165, 1.54) is 27.9 Å². The summed E-state index contributed by atoms with van der Waals surface area (Å²) in [6, 6.07) is 7.96. The second-order valence-corrected chi connectivity index (χ2v) is 6.80. The molecule has 0 spiro atoms. The summed E-state index contributed by atoms with van der Waals surface area (Å²) in [4.78, 5) is 22.9. The number of halogens is 3. The van der Waals surface area contributed by atoms with Gasteiger partial charge in [-0.3, -0.25) is 14.5 Å². The van der Waals surface area contributed by atoms with E-state index in [2.05, 4.69) is 20.2 Å². The Balaban J connectivity index is 1.47. The number of hydrogen-bond donors (Lipinski definition) is 0. The maximum atomic E-state index is 13.2. The highest BCUT2D eigenvalue weighted by molar-refractivity contribution is 6.09. The predicted octanol–water partition coefficient (Wildman–Crippen LogP) is 3.67. The number of amides is 1. The Morgan fingerprint density at radius 1 is 1.03 bits per heavy atom. The lowest BCUT2D eigenvalue weighted by Gasteiger charge is -2.28. The first-order chi connectivity index (χ1) is 14.9. The molecule has 0 saturated carbocycles. The van der Waals surface area contributed by atoms with Gasteiger partial charge in [0, 0.05) is 30.2 Å². The Bertz CT molecular complexity index is 1250. The number of anilines is 1. The van der Waals surface area contributed by atoms with E-state index in [9.17, 15) is 18.0 Å². The standard InChI is InChI=1S/C20H13F3N6O2/c21-20(22,23)13-3-5-14(6-4-13)28-8-9-29-16(19(28)30)15(11-25-29)18-26-17(27-31-18)12-2-1-7-24-10-12/h1-7,10-11H,8-9H2. The molecule has 0 aliphatic carbocycles. The van der Waals surface area contributed by atoms with Gasteiger partial charge in [0.1, 0.15) is 5.69 Å². The van der Waals surface area contributed by atoms with Crippen molar-refractivity contribution in [1.29, 1.82) is 0 Å². The number of hydrogen-bond acceptors (Lipinski definition) is 6. The third-order valence-electron chi connectivity index (χ3n) is 4.91. The van der Waals surface area contributed by atoms with E-state index in [0.717, 1.165) is 12.1 Å². The van der Waals surface area contributed by atoms with Crippen LogP contribution >= 0.6 is 0 Å². The molecule has 0 N–H and O–H groups in total. The molecule has 1 aliphatic rings. The lowest BCUT2D eigenvalue weighted by Crippen LogP contribution is -2.40. The Labute approximate surface area is 172 Å². The summed E-state index contributed by atoms with van der Waals surface area (Å²) < 4.78 is 45.4. The van der Waals surface area contributed by atoms with Crippen LogP contribution < -0.4 is 4.90 Å². The van der Waals surface area contributed by atoms with Crippen molar-refractivity contribution in [3.05, 3.63) is 66.2 Å². The Morgan fingerprint density at radius 2 is 1.84 bits per heavy atom. The zero-order chi connectivity index (χ0) is 21.6. The number of carbonyl (C=O) groups excluding carboxylic acids is 1. The van der Waals surface area contributed by atoms with Gasteiger partial charge in [-0.25, -0.2) is 0 Å². The van der Waals surface area contributed by atoms with Crippen LogP contribution in [0.5, 0.6) is 0 Å². The molecule has 3 aromatic heterocycles. The van der Waals surface area contributed by atoms with Crippen molar-refractivity contribution in [3.8, 4) is 22.8 Å². The molecule has 1 amide bonds. The number of pyridine rings is 1. The van der Waals surface area contributed by atoms with Crippen LogP contribution in [0.1, 0.15) is 16.1 Å². The van der Waals surface area contributed by atoms with Crippen molar-refractivity contribution in [2.75, 3.05) is 11.4 Å². The minimum Gasteiger partial charge on any atom is -0.333 e. The highest BCUT2D eigenvalue weighted by Gasteiger charge is 2.33. The van der Waals surface area contributed by atoms with E-state index in [0.29, 0.717) is 29.2 Å². The second-order valence-electron chi connectivity index (χ2n) is 6.80. The summed E-state index contributed by atoms with van der Waals surface area (Å²) in [5.74, 6) is 0.00765. The van der Waals surface area contributed by atoms with Gasteiger partial charge in [-0.1, -0.05) is 5.16 Å². The topological polar surface area (TPSA) is 89.9 Å². The van der Waals surface area contributed by atoms with Gasteiger partial charge >= 0.3 is 6.18 Å². The largest absolute Gasteiger partial charge is 0.416 e. The fraction of sp³-hybridized carbons (Fsp3) is 0.150. The van der Waals surface area contributed by atoms with Gasteiger partial charge in [-0.05, 0) is 36.4 Å². The Hall–Kier alpha value is -4.02. The summed E-state index contributed by atoms with van der Waals surface area (Å²) in [5.41, 5.74) is 0.811. The van der Waals surface area contributed by atoms with Crippen LogP contribution in [-0.4, -0.2) is 37.4 Å². The maximum absolute atomic E-state index is 13.2. The molecule has 0 bridgehead atoms. The minimum absolute atomic E-state index is 0.114. The normalized spacial score (nSPS) is 14.0.